The summed E-state index contributed by atoms with van der Waals surface area (Å²) < 4.78 is 0. The molecule has 0 aromatic heterocycles. The first kappa shape index (κ1) is 14.6. The van der Waals surface area contributed by atoms with Crippen LogP contribution in [0.1, 0.15) is 50.2 Å². The average molecular weight is 324 g/mol. The molecule has 1 aromatic rings. The molecule has 0 saturated carbocycles. The molecule has 1 aliphatic carbocycles. The van der Waals surface area contributed by atoms with E-state index < -0.39 is 0 Å². The Morgan fingerprint density at radius 1 is 1.42 bits per heavy atom. The highest BCUT2D eigenvalue weighted by molar-refractivity contribution is 9.09. The Balaban J connectivity index is 2.04. The summed E-state index contributed by atoms with van der Waals surface area (Å²) >= 11 is 3.54. The van der Waals surface area contributed by atoms with E-state index in [1.807, 2.05) is 6.07 Å². The number of hydrogen-bond acceptors (Lipinski definition) is 1. The summed E-state index contributed by atoms with van der Waals surface area (Å²) in [6.07, 6.45) is 4.14. The first-order valence-corrected chi connectivity index (χ1v) is 8.01. The number of halogens is 1. The molecule has 2 rings (SSSR count). The Morgan fingerprint density at radius 2 is 2.16 bits per heavy atom. The zero-order valence-corrected chi connectivity index (χ0v) is 13.2. The molecule has 0 heterocycles. The maximum absolute atomic E-state index is 12.4. The topological polar surface area (TPSA) is 29.1 Å². The lowest BCUT2D eigenvalue weighted by Gasteiger charge is -2.26. The molecule has 3 atom stereocenters. The monoisotopic (exact) mass is 323 g/mol. The van der Waals surface area contributed by atoms with Crippen molar-refractivity contribution in [2.75, 3.05) is 0 Å². The molecule has 1 aliphatic rings. The number of alkyl halides is 1. The van der Waals surface area contributed by atoms with E-state index >= 15 is 0 Å². The second-order valence-electron chi connectivity index (χ2n) is 5.57. The molecule has 2 nitrogen and oxygen atoms in total. The lowest BCUT2D eigenvalue weighted by Crippen LogP contribution is -2.38. The van der Waals surface area contributed by atoms with E-state index in [4.69, 9.17) is 0 Å². The van der Waals surface area contributed by atoms with Gasteiger partial charge in [-0.05, 0) is 43.7 Å². The number of benzene rings is 1. The van der Waals surface area contributed by atoms with Crippen LogP contribution < -0.4 is 5.32 Å². The lowest BCUT2D eigenvalue weighted by molar-refractivity contribution is -0.123. The Kier molecular flexibility index (Phi) is 5.03. The summed E-state index contributed by atoms with van der Waals surface area (Å²) in [5.41, 5.74) is 2.57. The fraction of sp³-hybridized carbons (Fsp3) is 0.562. The first-order chi connectivity index (χ1) is 9.08. The van der Waals surface area contributed by atoms with Crippen molar-refractivity contribution < 1.29 is 4.79 Å². The minimum absolute atomic E-state index is 0.0398. The second-order valence-corrected chi connectivity index (χ2v) is 7.13. The molecule has 104 valence electrons. The predicted molar refractivity (Wildman–Crippen MR) is 82.7 cm³/mol. The molecule has 0 fully saturated rings. The van der Waals surface area contributed by atoms with Gasteiger partial charge in [0.05, 0.1) is 5.92 Å². The van der Waals surface area contributed by atoms with Crippen LogP contribution in [0.15, 0.2) is 24.3 Å². The molecular formula is C16H22BrNO. The standard InChI is InChI=1S/C16H22BrNO/c1-11(17)10-12(2)18-16(19)15-9-5-7-13-6-3-4-8-14(13)15/h3-4,6,8,11-12,15H,5,7,9-10H2,1-2H3,(H,18,19). The molecule has 0 saturated heterocycles. The molecule has 0 spiro atoms. The van der Waals surface area contributed by atoms with Gasteiger partial charge < -0.3 is 5.32 Å². The summed E-state index contributed by atoms with van der Waals surface area (Å²) in [4.78, 5) is 12.9. The smallest absolute Gasteiger partial charge is 0.227 e. The lowest BCUT2D eigenvalue weighted by atomic mass is 9.82. The van der Waals surface area contributed by atoms with E-state index in [1.54, 1.807) is 0 Å². The van der Waals surface area contributed by atoms with Crippen LogP contribution in [-0.2, 0) is 11.2 Å². The Bertz CT molecular complexity index is 444. The van der Waals surface area contributed by atoms with Gasteiger partial charge in [-0.1, -0.05) is 47.1 Å². The van der Waals surface area contributed by atoms with Gasteiger partial charge in [-0.2, -0.15) is 0 Å². The molecule has 1 aromatic carbocycles. The van der Waals surface area contributed by atoms with E-state index in [0.29, 0.717) is 4.83 Å². The highest BCUT2D eigenvalue weighted by Crippen LogP contribution is 2.31. The molecule has 1 N–H and O–H groups in total. The minimum Gasteiger partial charge on any atom is -0.353 e. The maximum Gasteiger partial charge on any atom is 0.227 e. The average Bonchev–Trinajstić information content (AvgIpc) is 2.36. The van der Waals surface area contributed by atoms with Crippen LogP contribution in [0.3, 0.4) is 0 Å². The number of nitrogens with one attached hydrogen (secondary N) is 1. The molecular weight excluding hydrogens is 302 g/mol. The summed E-state index contributed by atoms with van der Waals surface area (Å²) in [5.74, 6) is 0.228. The van der Waals surface area contributed by atoms with Gasteiger partial charge >= 0.3 is 0 Å². The largest absolute Gasteiger partial charge is 0.353 e. The van der Waals surface area contributed by atoms with Crippen LogP contribution in [0.5, 0.6) is 0 Å². The van der Waals surface area contributed by atoms with Crippen molar-refractivity contribution in [3.8, 4) is 0 Å². The SMILES string of the molecule is CC(Br)CC(C)NC(=O)C1CCCc2ccccc21. The van der Waals surface area contributed by atoms with Gasteiger partial charge in [0.1, 0.15) is 0 Å². The van der Waals surface area contributed by atoms with Crippen LogP contribution in [0.2, 0.25) is 0 Å². The van der Waals surface area contributed by atoms with Gasteiger partial charge in [-0.15, -0.1) is 0 Å². The number of carbonyl (C=O) groups excluding carboxylic acids is 1. The molecule has 0 radical (unpaired) electrons. The molecule has 1 amide bonds. The third kappa shape index (κ3) is 3.82. The Hall–Kier alpha value is -0.830. The number of rotatable bonds is 4. The van der Waals surface area contributed by atoms with Gasteiger partial charge in [-0.25, -0.2) is 0 Å². The van der Waals surface area contributed by atoms with Crippen molar-refractivity contribution >= 4 is 21.8 Å². The van der Waals surface area contributed by atoms with E-state index in [2.05, 4.69) is 53.3 Å². The van der Waals surface area contributed by atoms with Crippen molar-refractivity contribution in [2.45, 2.75) is 56.3 Å². The summed E-state index contributed by atoms with van der Waals surface area (Å²) in [6, 6.07) is 8.58. The van der Waals surface area contributed by atoms with Gasteiger partial charge in [0.2, 0.25) is 5.91 Å². The number of fused-ring (bicyclic) bond motifs is 1. The highest BCUT2D eigenvalue weighted by Gasteiger charge is 2.26. The van der Waals surface area contributed by atoms with Crippen molar-refractivity contribution in [2.24, 2.45) is 0 Å². The van der Waals surface area contributed by atoms with Crippen molar-refractivity contribution in [3.05, 3.63) is 35.4 Å². The molecule has 3 heteroatoms. The van der Waals surface area contributed by atoms with Crippen LogP contribution in [0.4, 0.5) is 0 Å². The van der Waals surface area contributed by atoms with E-state index in [0.717, 1.165) is 25.7 Å². The van der Waals surface area contributed by atoms with Crippen molar-refractivity contribution in [3.63, 3.8) is 0 Å². The number of amides is 1. The van der Waals surface area contributed by atoms with Crippen LogP contribution in [-0.4, -0.2) is 16.8 Å². The summed E-state index contributed by atoms with van der Waals surface area (Å²) in [7, 11) is 0. The fourth-order valence-corrected chi connectivity index (χ4v) is 3.48. The number of aryl methyl sites for hydroxylation is 1. The quantitative estimate of drug-likeness (QED) is 0.839. The predicted octanol–water partition coefficient (Wildman–Crippen LogP) is 3.78. The minimum atomic E-state index is 0.0398. The van der Waals surface area contributed by atoms with Gasteiger partial charge in [0.15, 0.2) is 0 Å². The Morgan fingerprint density at radius 3 is 2.89 bits per heavy atom. The van der Waals surface area contributed by atoms with Crippen LogP contribution in [0.25, 0.3) is 0 Å². The van der Waals surface area contributed by atoms with Gasteiger partial charge in [-0.3, -0.25) is 4.79 Å². The van der Waals surface area contributed by atoms with E-state index in [9.17, 15) is 4.79 Å². The van der Waals surface area contributed by atoms with Crippen LogP contribution in [0, 0.1) is 0 Å². The third-order valence-electron chi connectivity index (χ3n) is 3.75. The van der Waals surface area contributed by atoms with E-state index in [-0.39, 0.29) is 17.9 Å². The summed E-state index contributed by atoms with van der Waals surface area (Å²) in [5, 5.41) is 3.15. The Labute approximate surface area is 124 Å². The zero-order chi connectivity index (χ0) is 13.8. The van der Waals surface area contributed by atoms with Crippen molar-refractivity contribution in [1.82, 2.24) is 5.32 Å². The zero-order valence-electron chi connectivity index (χ0n) is 11.7. The molecule has 19 heavy (non-hydrogen) atoms. The van der Waals surface area contributed by atoms with Gasteiger partial charge in [0, 0.05) is 10.9 Å². The molecule has 3 unspecified atom stereocenters. The third-order valence-corrected chi connectivity index (χ3v) is 4.13. The number of carbonyl (C=O) groups is 1. The fourth-order valence-electron chi connectivity index (χ4n) is 2.92. The van der Waals surface area contributed by atoms with Crippen LogP contribution >= 0.6 is 15.9 Å². The molecule has 0 aliphatic heterocycles. The highest BCUT2D eigenvalue weighted by atomic mass is 79.9. The van der Waals surface area contributed by atoms with Gasteiger partial charge in [0.25, 0.3) is 0 Å². The molecule has 0 bridgehead atoms. The van der Waals surface area contributed by atoms with E-state index in [1.165, 1.54) is 11.1 Å². The normalized spacial score (nSPS) is 21.3. The second kappa shape index (κ2) is 6.56. The summed E-state index contributed by atoms with van der Waals surface area (Å²) in [6.45, 7) is 4.18. The van der Waals surface area contributed by atoms with Crippen molar-refractivity contribution in [1.29, 1.82) is 0 Å². The number of hydrogen-bond donors (Lipinski definition) is 1. The maximum atomic E-state index is 12.4. The first-order valence-electron chi connectivity index (χ1n) is 7.10.